The minimum atomic E-state index is -0.571. The predicted octanol–water partition coefficient (Wildman–Crippen LogP) is 2.28. The third-order valence-corrected chi connectivity index (χ3v) is 4.16. The summed E-state index contributed by atoms with van der Waals surface area (Å²) in [4.78, 5) is 26.7. The second-order valence-electron chi connectivity index (χ2n) is 3.75. The Morgan fingerprint density at radius 1 is 1.47 bits per heavy atom. The molecule has 2 amide bonds. The summed E-state index contributed by atoms with van der Waals surface area (Å²) in [5.41, 5.74) is 5.82. The highest BCUT2D eigenvalue weighted by Gasteiger charge is 2.29. The fourth-order valence-corrected chi connectivity index (χ4v) is 2.67. The van der Waals surface area contributed by atoms with Crippen molar-refractivity contribution >= 4 is 57.6 Å². The second-order valence-corrected chi connectivity index (χ2v) is 5.76. The Kier molecular flexibility index (Phi) is 4.34. The molecule has 8 heteroatoms. The Balaban J connectivity index is 1.99. The largest absolute Gasteiger partial charge is 0.378 e. The van der Waals surface area contributed by atoms with Crippen molar-refractivity contribution in [2.75, 3.05) is 5.32 Å². The Bertz CT molecular complexity index is 577. The molecule has 0 saturated heterocycles. The Hall–Kier alpha value is -1.24. The van der Waals surface area contributed by atoms with Crippen LogP contribution in [-0.4, -0.2) is 22.2 Å². The highest BCUT2D eigenvalue weighted by atomic mass is 35.5. The fraction of sp³-hybridized carbons (Fsp3) is 0.182. The molecule has 19 heavy (non-hydrogen) atoms. The Morgan fingerprint density at radius 2 is 2.21 bits per heavy atom. The van der Waals surface area contributed by atoms with Gasteiger partial charge in [-0.05, 0) is 12.1 Å². The number of carbonyl (C=O) groups is 2. The van der Waals surface area contributed by atoms with Crippen molar-refractivity contribution in [3.05, 3.63) is 28.2 Å². The van der Waals surface area contributed by atoms with Gasteiger partial charge in [0.25, 0.3) is 5.91 Å². The van der Waals surface area contributed by atoms with Crippen molar-refractivity contribution in [2.24, 2.45) is 10.7 Å². The molecule has 1 atom stereocenters. The molecule has 5 nitrogen and oxygen atoms in total. The molecule has 0 bridgehead atoms. The third-order valence-electron chi connectivity index (χ3n) is 2.36. The van der Waals surface area contributed by atoms with Crippen LogP contribution in [0.2, 0.25) is 10.0 Å². The molecule has 0 saturated carbocycles. The zero-order valence-corrected chi connectivity index (χ0v) is 11.9. The lowest BCUT2D eigenvalue weighted by molar-refractivity contribution is -0.121. The fourth-order valence-electron chi connectivity index (χ4n) is 1.50. The van der Waals surface area contributed by atoms with E-state index < -0.39 is 11.2 Å². The highest BCUT2D eigenvalue weighted by molar-refractivity contribution is 8.15. The highest BCUT2D eigenvalue weighted by Crippen LogP contribution is 2.30. The van der Waals surface area contributed by atoms with Crippen LogP contribution in [0.4, 0.5) is 5.69 Å². The number of rotatable bonds is 3. The number of aliphatic imine (C=N–C) groups is 1. The van der Waals surface area contributed by atoms with Crippen LogP contribution < -0.4 is 11.1 Å². The summed E-state index contributed by atoms with van der Waals surface area (Å²) in [5.74, 6) is -0.741. The standard InChI is InChI=1S/C11H9Cl2N3O2S/c12-5-2-1-3-6(9(5)13)15-8(17)4-7-10(18)16-11(14)19-7/h1-3,7H,4H2,(H,15,17)(H2,14,16,18)/t7-/m0/s1. The van der Waals surface area contributed by atoms with E-state index in [2.05, 4.69) is 10.3 Å². The number of hydrogen-bond acceptors (Lipinski definition) is 4. The molecule has 1 heterocycles. The van der Waals surface area contributed by atoms with Gasteiger partial charge in [-0.15, -0.1) is 0 Å². The van der Waals surface area contributed by atoms with Gasteiger partial charge in [0.2, 0.25) is 5.91 Å². The number of nitrogens with zero attached hydrogens (tertiary/aromatic N) is 1. The van der Waals surface area contributed by atoms with Crippen LogP contribution in [0.25, 0.3) is 0 Å². The lowest BCUT2D eigenvalue weighted by atomic mass is 10.2. The van der Waals surface area contributed by atoms with E-state index in [9.17, 15) is 9.59 Å². The van der Waals surface area contributed by atoms with Crippen molar-refractivity contribution in [3.63, 3.8) is 0 Å². The maximum atomic E-state index is 11.8. The zero-order chi connectivity index (χ0) is 14.0. The van der Waals surface area contributed by atoms with Crippen LogP contribution in [0.3, 0.4) is 0 Å². The molecule has 0 radical (unpaired) electrons. The summed E-state index contributed by atoms with van der Waals surface area (Å²) in [7, 11) is 0. The van der Waals surface area contributed by atoms with E-state index in [4.69, 9.17) is 28.9 Å². The molecule has 0 spiro atoms. The summed E-state index contributed by atoms with van der Waals surface area (Å²) in [5, 5.41) is 2.82. The average Bonchev–Trinajstić information content (AvgIpc) is 2.64. The lowest BCUT2D eigenvalue weighted by Gasteiger charge is -2.09. The second kappa shape index (κ2) is 5.81. The van der Waals surface area contributed by atoms with Gasteiger partial charge in [-0.3, -0.25) is 9.59 Å². The molecule has 1 aliphatic rings. The molecule has 1 aromatic carbocycles. The monoisotopic (exact) mass is 317 g/mol. The normalized spacial score (nSPS) is 18.3. The van der Waals surface area contributed by atoms with Crippen molar-refractivity contribution in [2.45, 2.75) is 11.7 Å². The van der Waals surface area contributed by atoms with Crippen LogP contribution in [0, 0.1) is 0 Å². The molecule has 0 unspecified atom stereocenters. The third kappa shape index (κ3) is 3.40. The summed E-state index contributed by atoms with van der Waals surface area (Å²) in [6.07, 6.45) is -0.0173. The quantitative estimate of drug-likeness (QED) is 0.895. The molecule has 1 aliphatic heterocycles. The number of carbonyl (C=O) groups excluding carboxylic acids is 2. The topological polar surface area (TPSA) is 84.5 Å². The number of benzene rings is 1. The molecular formula is C11H9Cl2N3O2S. The maximum Gasteiger partial charge on any atom is 0.262 e. The molecule has 100 valence electrons. The number of anilines is 1. The van der Waals surface area contributed by atoms with Gasteiger partial charge < -0.3 is 11.1 Å². The first-order chi connectivity index (χ1) is 8.97. The van der Waals surface area contributed by atoms with Crippen LogP contribution in [0.1, 0.15) is 6.42 Å². The molecule has 2 rings (SSSR count). The first-order valence-electron chi connectivity index (χ1n) is 5.26. The SMILES string of the molecule is NC1=NC(=O)[C@H](CC(=O)Nc2cccc(Cl)c2Cl)S1. The molecule has 1 aromatic rings. The van der Waals surface area contributed by atoms with Gasteiger partial charge >= 0.3 is 0 Å². The number of halogens is 2. The average molecular weight is 318 g/mol. The lowest BCUT2D eigenvalue weighted by Crippen LogP contribution is -2.21. The van der Waals surface area contributed by atoms with E-state index >= 15 is 0 Å². The minimum Gasteiger partial charge on any atom is -0.378 e. The smallest absolute Gasteiger partial charge is 0.262 e. The van der Waals surface area contributed by atoms with Gasteiger partial charge in [0.1, 0.15) is 5.25 Å². The van der Waals surface area contributed by atoms with E-state index in [1.807, 2.05) is 0 Å². The zero-order valence-electron chi connectivity index (χ0n) is 9.52. The molecule has 3 N–H and O–H groups in total. The summed E-state index contributed by atoms with van der Waals surface area (Å²) in [6, 6.07) is 4.91. The van der Waals surface area contributed by atoms with Crippen LogP contribution in [-0.2, 0) is 9.59 Å². The van der Waals surface area contributed by atoms with Crippen molar-refractivity contribution in [1.29, 1.82) is 0 Å². The van der Waals surface area contributed by atoms with Gasteiger partial charge in [0, 0.05) is 6.42 Å². The van der Waals surface area contributed by atoms with Gasteiger partial charge in [0.05, 0.1) is 15.7 Å². The van der Waals surface area contributed by atoms with Crippen molar-refractivity contribution in [3.8, 4) is 0 Å². The van der Waals surface area contributed by atoms with Gasteiger partial charge in [0.15, 0.2) is 5.17 Å². The van der Waals surface area contributed by atoms with Crippen LogP contribution >= 0.6 is 35.0 Å². The van der Waals surface area contributed by atoms with E-state index in [1.54, 1.807) is 18.2 Å². The number of thioether (sulfide) groups is 1. The number of nitrogens with one attached hydrogen (secondary N) is 1. The molecule has 0 fully saturated rings. The number of hydrogen-bond donors (Lipinski definition) is 2. The molecular weight excluding hydrogens is 309 g/mol. The summed E-state index contributed by atoms with van der Waals surface area (Å²) < 4.78 is 0. The Morgan fingerprint density at radius 3 is 2.84 bits per heavy atom. The van der Waals surface area contributed by atoms with E-state index in [0.29, 0.717) is 10.7 Å². The molecule has 0 aliphatic carbocycles. The minimum absolute atomic E-state index is 0.0173. The number of amidine groups is 1. The van der Waals surface area contributed by atoms with E-state index in [1.165, 1.54) is 0 Å². The van der Waals surface area contributed by atoms with Gasteiger partial charge in [-0.1, -0.05) is 41.0 Å². The number of amides is 2. The van der Waals surface area contributed by atoms with Gasteiger partial charge in [-0.2, -0.15) is 4.99 Å². The van der Waals surface area contributed by atoms with Crippen molar-refractivity contribution in [1.82, 2.24) is 0 Å². The van der Waals surface area contributed by atoms with E-state index in [0.717, 1.165) is 11.8 Å². The first-order valence-corrected chi connectivity index (χ1v) is 6.89. The van der Waals surface area contributed by atoms with E-state index in [-0.39, 0.29) is 22.5 Å². The van der Waals surface area contributed by atoms with Crippen LogP contribution in [0.5, 0.6) is 0 Å². The first kappa shape index (κ1) is 14.2. The summed E-state index contributed by atoms with van der Waals surface area (Å²) in [6.45, 7) is 0. The summed E-state index contributed by atoms with van der Waals surface area (Å²) >= 11 is 12.9. The van der Waals surface area contributed by atoms with Gasteiger partial charge in [-0.25, -0.2) is 0 Å². The predicted molar refractivity (Wildman–Crippen MR) is 77.7 cm³/mol. The number of nitrogens with two attached hydrogens (primary N) is 1. The maximum absolute atomic E-state index is 11.8. The Labute approximate surface area is 123 Å². The van der Waals surface area contributed by atoms with Crippen molar-refractivity contribution < 1.29 is 9.59 Å². The molecule has 0 aromatic heterocycles. The van der Waals surface area contributed by atoms with Crippen LogP contribution in [0.15, 0.2) is 23.2 Å².